The number of nitrogens with zero attached hydrogens (tertiary/aromatic N) is 1. The van der Waals surface area contributed by atoms with E-state index in [9.17, 15) is 0 Å². The molecule has 0 N–H and O–H groups in total. The van der Waals surface area contributed by atoms with Gasteiger partial charge in [-0.05, 0) is 56.0 Å². The zero-order valence-corrected chi connectivity index (χ0v) is 13.7. The lowest BCUT2D eigenvalue weighted by Gasteiger charge is -2.27. The Morgan fingerprint density at radius 2 is 1.82 bits per heavy atom. The molecule has 0 aromatic heterocycles. The summed E-state index contributed by atoms with van der Waals surface area (Å²) in [6, 6.07) is 0. The van der Waals surface area contributed by atoms with Crippen LogP contribution in [0.3, 0.4) is 0 Å². The van der Waals surface area contributed by atoms with Crippen molar-refractivity contribution in [3.05, 3.63) is 0 Å². The van der Waals surface area contributed by atoms with Crippen LogP contribution in [0.1, 0.15) is 47.0 Å². The highest BCUT2D eigenvalue weighted by molar-refractivity contribution is 9.09. The molecule has 0 spiro atoms. The molecule has 1 nitrogen and oxygen atoms in total. The molecule has 0 amide bonds. The molecule has 2 heteroatoms. The minimum Gasteiger partial charge on any atom is -0.303 e. The zero-order chi connectivity index (χ0) is 12.8. The number of hydrogen-bond donors (Lipinski definition) is 0. The average Bonchev–Trinajstić information content (AvgIpc) is 2.50. The van der Waals surface area contributed by atoms with Gasteiger partial charge in [0, 0.05) is 11.9 Å². The van der Waals surface area contributed by atoms with E-state index in [0.717, 1.165) is 29.0 Å². The first-order chi connectivity index (χ1) is 8.04. The van der Waals surface area contributed by atoms with Crippen molar-refractivity contribution < 1.29 is 0 Å². The first-order valence-electron chi connectivity index (χ1n) is 7.33. The number of halogens is 1. The van der Waals surface area contributed by atoms with E-state index in [1.165, 1.54) is 38.9 Å². The maximum atomic E-state index is 3.67. The number of hydrogen-bond acceptors (Lipinski definition) is 1. The quantitative estimate of drug-likeness (QED) is 0.680. The lowest BCUT2D eigenvalue weighted by Crippen LogP contribution is -2.33. The summed E-state index contributed by atoms with van der Waals surface area (Å²) in [4.78, 5) is 2.70. The van der Waals surface area contributed by atoms with Gasteiger partial charge in [0.05, 0.1) is 0 Å². The second-order valence-corrected chi connectivity index (χ2v) is 7.04. The maximum Gasteiger partial charge on any atom is 0.00743 e. The van der Waals surface area contributed by atoms with Gasteiger partial charge in [0.2, 0.25) is 0 Å². The molecule has 1 rings (SSSR count). The van der Waals surface area contributed by atoms with Gasteiger partial charge in [0.15, 0.2) is 0 Å². The topological polar surface area (TPSA) is 3.24 Å². The Balaban J connectivity index is 2.40. The third-order valence-electron chi connectivity index (χ3n) is 4.44. The molecule has 17 heavy (non-hydrogen) atoms. The average molecular weight is 304 g/mol. The van der Waals surface area contributed by atoms with Crippen LogP contribution in [0, 0.1) is 23.7 Å². The van der Waals surface area contributed by atoms with Crippen LogP contribution >= 0.6 is 15.9 Å². The molecule has 0 radical (unpaired) electrons. The first-order valence-corrected chi connectivity index (χ1v) is 8.45. The molecular weight excluding hydrogens is 274 g/mol. The second kappa shape index (κ2) is 7.78. The first kappa shape index (κ1) is 15.5. The van der Waals surface area contributed by atoms with Gasteiger partial charge in [-0.2, -0.15) is 0 Å². The fourth-order valence-corrected chi connectivity index (χ4v) is 3.75. The largest absolute Gasteiger partial charge is 0.303 e. The zero-order valence-electron chi connectivity index (χ0n) is 12.1. The van der Waals surface area contributed by atoms with Crippen LogP contribution in [-0.2, 0) is 0 Å². The molecule has 0 aromatic carbocycles. The molecule has 1 saturated heterocycles. The van der Waals surface area contributed by atoms with Crippen molar-refractivity contribution in [3.63, 3.8) is 0 Å². The lowest BCUT2D eigenvalue weighted by atomic mass is 9.89. The van der Waals surface area contributed by atoms with Crippen molar-refractivity contribution in [3.8, 4) is 0 Å². The van der Waals surface area contributed by atoms with E-state index >= 15 is 0 Å². The van der Waals surface area contributed by atoms with Crippen molar-refractivity contribution >= 4 is 15.9 Å². The molecule has 102 valence electrons. The van der Waals surface area contributed by atoms with Gasteiger partial charge < -0.3 is 4.90 Å². The van der Waals surface area contributed by atoms with Gasteiger partial charge in [0.25, 0.3) is 0 Å². The highest BCUT2D eigenvalue weighted by Gasteiger charge is 2.22. The molecule has 0 bridgehead atoms. The molecule has 1 aliphatic heterocycles. The van der Waals surface area contributed by atoms with Crippen molar-refractivity contribution in [2.75, 3.05) is 25.0 Å². The molecule has 1 fully saturated rings. The Labute approximate surface area is 116 Å². The fraction of sp³-hybridized carbons (Fsp3) is 1.00. The van der Waals surface area contributed by atoms with Crippen molar-refractivity contribution in [1.29, 1.82) is 0 Å². The summed E-state index contributed by atoms with van der Waals surface area (Å²) < 4.78 is 0. The molecule has 2 atom stereocenters. The third-order valence-corrected chi connectivity index (χ3v) is 5.27. The Morgan fingerprint density at radius 3 is 2.35 bits per heavy atom. The Kier molecular flexibility index (Phi) is 7.10. The van der Waals surface area contributed by atoms with Crippen LogP contribution < -0.4 is 0 Å². The highest BCUT2D eigenvalue weighted by Crippen LogP contribution is 2.25. The third kappa shape index (κ3) is 5.30. The minimum absolute atomic E-state index is 0.790. The van der Waals surface area contributed by atoms with E-state index < -0.39 is 0 Å². The molecular formula is C15H30BrN. The molecule has 0 aromatic rings. The maximum absolute atomic E-state index is 3.67. The summed E-state index contributed by atoms with van der Waals surface area (Å²) in [5.41, 5.74) is 0. The van der Waals surface area contributed by atoms with Crippen LogP contribution in [0.15, 0.2) is 0 Å². The summed E-state index contributed by atoms with van der Waals surface area (Å²) in [6.45, 7) is 13.4. The van der Waals surface area contributed by atoms with Gasteiger partial charge in [-0.25, -0.2) is 0 Å². The molecule has 0 aliphatic carbocycles. The smallest absolute Gasteiger partial charge is 0.00743 e. The number of likely N-dealkylation sites (tertiary alicyclic amines) is 1. The molecule has 2 unspecified atom stereocenters. The van der Waals surface area contributed by atoms with E-state index in [0.29, 0.717) is 0 Å². The Morgan fingerprint density at radius 1 is 1.12 bits per heavy atom. The predicted molar refractivity (Wildman–Crippen MR) is 80.7 cm³/mol. The van der Waals surface area contributed by atoms with E-state index in [4.69, 9.17) is 0 Å². The van der Waals surface area contributed by atoms with Gasteiger partial charge in [0.1, 0.15) is 0 Å². The van der Waals surface area contributed by atoms with E-state index in [1.807, 2.05) is 0 Å². The van der Waals surface area contributed by atoms with Crippen LogP contribution in [0.4, 0.5) is 0 Å². The highest BCUT2D eigenvalue weighted by atomic mass is 79.9. The van der Waals surface area contributed by atoms with Crippen molar-refractivity contribution in [2.24, 2.45) is 23.7 Å². The van der Waals surface area contributed by atoms with Gasteiger partial charge >= 0.3 is 0 Å². The van der Waals surface area contributed by atoms with Crippen LogP contribution in [0.2, 0.25) is 0 Å². The van der Waals surface area contributed by atoms with Gasteiger partial charge in [-0.1, -0.05) is 43.6 Å². The monoisotopic (exact) mass is 303 g/mol. The second-order valence-electron chi connectivity index (χ2n) is 6.39. The number of rotatable bonds is 5. The van der Waals surface area contributed by atoms with Crippen molar-refractivity contribution in [2.45, 2.75) is 47.0 Å². The fourth-order valence-electron chi connectivity index (χ4n) is 2.80. The van der Waals surface area contributed by atoms with E-state index in [1.54, 1.807) is 0 Å². The van der Waals surface area contributed by atoms with Gasteiger partial charge in [-0.3, -0.25) is 0 Å². The standard InChI is InChI=1S/C15H30BrN/c1-12(2)14-6-5-8-17(9-7-14)11-15(10-16)13(3)4/h12-15H,5-11H2,1-4H3. The van der Waals surface area contributed by atoms with Crippen LogP contribution in [0.25, 0.3) is 0 Å². The van der Waals surface area contributed by atoms with E-state index in [2.05, 4.69) is 48.5 Å². The normalized spacial score (nSPS) is 25.2. The lowest BCUT2D eigenvalue weighted by molar-refractivity contribution is 0.216. The molecule has 1 aliphatic rings. The SMILES string of the molecule is CC(C)C1CCCN(CC(CBr)C(C)C)CC1. The summed E-state index contributed by atoms with van der Waals surface area (Å²) in [6.07, 6.45) is 4.25. The van der Waals surface area contributed by atoms with Crippen molar-refractivity contribution in [1.82, 2.24) is 4.90 Å². The van der Waals surface area contributed by atoms with E-state index in [-0.39, 0.29) is 0 Å². The Bertz CT molecular complexity index is 203. The summed E-state index contributed by atoms with van der Waals surface area (Å²) in [5, 5.41) is 1.15. The number of alkyl halides is 1. The summed E-state index contributed by atoms with van der Waals surface area (Å²) in [7, 11) is 0. The van der Waals surface area contributed by atoms with Gasteiger partial charge in [-0.15, -0.1) is 0 Å². The van der Waals surface area contributed by atoms with Crippen LogP contribution in [-0.4, -0.2) is 29.9 Å². The predicted octanol–water partition coefficient (Wildman–Crippen LogP) is 4.41. The Hall–Kier alpha value is 0.440. The molecule has 0 saturated carbocycles. The summed E-state index contributed by atoms with van der Waals surface area (Å²) in [5.74, 6) is 3.43. The minimum atomic E-state index is 0.790. The van der Waals surface area contributed by atoms with Crippen LogP contribution in [0.5, 0.6) is 0 Å². The summed E-state index contributed by atoms with van der Waals surface area (Å²) >= 11 is 3.67. The molecule has 1 heterocycles.